The number of carbonyl (C=O) groups excluding carboxylic acids is 2. The lowest BCUT2D eigenvalue weighted by molar-refractivity contribution is -0.120. The average Bonchev–Trinajstić information content (AvgIpc) is 3.14. The Bertz CT molecular complexity index is 925. The van der Waals surface area contributed by atoms with Crippen molar-refractivity contribution in [2.75, 3.05) is 45.7 Å². The first-order valence-electron chi connectivity index (χ1n) is 9.44. The summed E-state index contributed by atoms with van der Waals surface area (Å²) >= 11 is 0. The number of hydrogen-bond acceptors (Lipinski definition) is 4. The molecule has 0 saturated carbocycles. The highest BCUT2D eigenvalue weighted by Crippen LogP contribution is 2.16. The van der Waals surface area contributed by atoms with Gasteiger partial charge in [0, 0.05) is 59.6 Å². The van der Waals surface area contributed by atoms with Crippen LogP contribution in [0.15, 0.2) is 41.7 Å². The van der Waals surface area contributed by atoms with E-state index in [1.165, 1.54) is 0 Å². The average molecular weight is 525 g/mol. The molecule has 0 atom stereocenters. The molecule has 1 aliphatic rings. The van der Waals surface area contributed by atoms with Crippen molar-refractivity contribution in [2.24, 2.45) is 12.0 Å². The summed E-state index contributed by atoms with van der Waals surface area (Å²) in [5.74, 6) is 0.632. The molecule has 2 heterocycles. The monoisotopic (exact) mass is 525 g/mol. The Morgan fingerprint density at radius 3 is 2.67 bits per heavy atom. The van der Waals surface area contributed by atoms with E-state index < -0.39 is 0 Å². The van der Waals surface area contributed by atoms with Crippen molar-refractivity contribution in [1.29, 1.82) is 0 Å². The highest BCUT2D eigenvalue weighted by molar-refractivity contribution is 14.0. The van der Waals surface area contributed by atoms with Crippen LogP contribution in [-0.2, 0) is 18.4 Å². The molecule has 2 aromatic rings. The molecule has 0 unspecified atom stereocenters. The van der Waals surface area contributed by atoms with Crippen LogP contribution in [0.2, 0.25) is 0 Å². The summed E-state index contributed by atoms with van der Waals surface area (Å²) in [7, 11) is 7.00. The van der Waals surface area contributed by atoms with Gasteiger partial charge in [0.05, 0.1) is 11.9 Å². The quantitative estimate of drug-likeness (QED) is 0.368. The normalized spacial score (nSPS) is 14.4. The molecule has 1 aromatic carbocycles. The summed E-state index contributed by atoms with van der Waals surface area (Å²) in [5.41, 5.74) is 2.42. The second kappa shape index (κ2) is 10.4. The molecular weight excluding hydrogens is 497 g/mol. The Kier molecular flexibility index (Phi) is 8.21. The molecule has 1 fully saturated rings. The Morgan fingerprint density at radius 2 is 2.07 bits per heavy atom. The Hall–Kier alpha value is -2.63. The molecule has 0 bridgehead atoms. The molecule has 1 N–H and O–H groups in total. The number of carbonyl (C=O) groups is 2. The fourth-order valence-electron chi connectivity index (χ4n) is 3.26. The maximum absolute atomic E-state index is 12.6. The fraction of sp³-hybridized carbons (Fsp3) is 0.400. The number of aliphatic imine (C=N–C) groups is 1. The first kappa shape index (κ1) is 23.6. The summed E-state index contributed by atoms with van der Waals surface area (Å²) in [5, 5.41) is 7.43. The van der Waals surface area contributed by atoms with Crippen LogP contribution in [0, 0.1) is 0 Å². The van der Waals surface area contributed by atoms with Crippen LogP contribution in [0.4, 0.5) is 5.69 Å². The molecule has 162 valence electrons. The molecule has 9 nitrogen and oxygen atoms in total. The Morgan fingerprint density at radius 1 is 1.30 bits per heavy atom. The number of piperazine rings is 1. The van der Waals surface area contributed by atoms with Crippen LogP contribution in [0.3, 0.4) is 0 Å². The molecule has 1 aliphatic heterocycles. The van der Waals surface area contributed by atoms with Gasteiger partial charge < -0.3 is 20.0 Å². The summed E-state index contributed by atoms with van der Waals surface area (Å²) in [6.45, 7) is 1.99. The minimum atomic E-state index is -0.0339. The predicted molar refractivity (Wildman–Crippen MR) is 127 cm³/mol. The van der Waals surface area contributed by atoms with Gasteiger partial charge in [-0.2, -0.15) is 5.10 Å². The summed E-state index contributed by atoms with van der Waals surface area (Å²) in [6.07, 6.45) is 3.53. The lowest BCUT2D eigenvalue weighted by atomic mass is 10.1. The lowest BCUT2D eigenvalue weighted by Gasteiger charge is -2.35. The fourth-order valence-corrected chi connectivity index (χ4v) is 3.26. The summed E-state index contributed by atoms with van der Waals surface area (Å²) in [6, 6.07) is 7.50. The van der Waals surface area contributed by atoms with Gasteiger partial charge in [-0.05, 0) is 17.7 Å². The lowest BCUT2D eigenvalue weighted by Crippen LogP contribution is -2.55. The smallest absolute Gasteiger partial charge is 0.253 e. The summed E-state index contributed by atoms with van der Waals surface area (Å²) in [4.78, 5) is 34.3. The van der Waals surface area contributed by atoms with Gasteiger partial charge in [-0.3, -0.25) is 19.3 Å². The molecule has 0 radical (unpaired) electrons. The first-order valence-corrected chi connectivity index (χ1v) is 9.44. The third-order valence-electron chi connectivity index (χ3n) is 4.77. The number of rotatable bonds is 4. The van der Waals surface area contributed by atoms with Gasteiger partial charge in [0.1, 0.15) is 6.54 Å². The van der Waals surface area contributed by atoms with Crippen LogP contribution in [0.5, 0.6) is 0 Å². The molecule has 1 aromatic heterocycles. The van der Waals surface area contributed by atoms with Gasteiger partial charge in [-0.25, -0.2) is 0 Å². The minimum absolute atomic E-state index is 0. The number of nitrogens with zero attached hydrogens (tertiary/aromatic N) is 6. The van der Waals surface area contributed by atoms with Gasteiger partial charge in [0.25, 0.3) is 5.91 Å². The van der Waals surface area contributed by atoms with Gasteiger partial charge >= 0.3 is 0 Å². The van der Waals surface area contributed by atoms with Gasteiger partial charge in [0.15, 0.2) is 5.96 Å². The van der Waals surface area contributed by atoms with Crippen LogP contribution < -0.4 is 10.2 Å². The molecule has 30 heavy (non-hydrogen) atoms. The highest BCUT2D eigenvalue weighted by Gasteiger charge is 2.27. The number of aryl methyl sites for hydroxylation is 1. The number of benzene rings is 1. The standard InChI is InChI=1S/C20H27N7O2.HI/c1-21-20(22-11-15-6-5-7-16(10-15)19(29)24(2)3)26-8-9-27(18(28)14-26)17-12-23-25(4)13-17;/h5-7,10,12-13H,8-9,11,14H2,1-4H3,(H,21,22);1H. The van der Waals surface area contributed by atoms with Crippen molar-refractivity contribution in [3.8, 4) is 0 Å². The SMILES string of the molecule is CN=C(NCc1cccc(C(=O)N(C)C)c1)N1CCN(c2cnn(C)c2)C(=O)C1.I. The Balaban J connectivity index is 0.00000320. The molecule has 1 saturated heterocycles. The number of halogens is 1. The maximum atomic E-state index is 12.6. The number of guanidine groups is 1. The van der Waals surface area contributed by atoms with Crippen molar-refractivity contribution in [3.05, 3.63) is 47.8 Å². The minimum Gasteiger partial charge on any atom is -0.352 e. The molecule has 10 heteroatoms. The summed E-state index contributed by atoms with van der Waals surface area (Å²) < 4.78 is 1.69. The van der Waals surface area contributed by atoms with E-state index in [0.717, 1.165) is 11.3 Å². The zero-order chi connectivity index (χ0) is 21.0. The van der Waals surface area contributed by atoms with Crippen LogP contribution in [0.1, 0.15) is 15.9 Å². The van der Waals surface area contributed by atoms with Crippen LogP contribution in [-0.4, -0.2) is 78.1 Å². The predicted octanol–water partition coefficient (Wildman–Crippen LogP) is 1.16. The van der Waals surface area contributed by atoms with Crippen molar-refractivity contribution >= 4 is 47.4 Å². The molecule has 2 amide bonds. The number of amides is 2. The van der Waals surface area contributed by atoms with E-state index in [2.05, 4.69) is 15.4 Å². The second-order valence-electron chi connectivity index (χ2n) is 7.14. The van der Waals surface area contributed by atoms with Gasteiger partial charge in [-0.15, -0.1) is 24.0 Å². The third kappa shape index (κ3) is 5.49. The van der Waals surface area contributed by atoms with E-state index in [0.29, 0.717) is 31.2 Å². The van der Waals surface area contributed by atoms with Crippen molar-refractivity contribution in [3.63, 3.8) is 0 Å². The largest absolute Gasteiger partial charge is 0.352 e. The number of anilines is 1. The van der Waals surface area contributed by atoms with E-state index in [1.54, 1.807) is 47.9 Å². The van der Waals surface area contributed by atoms with Crippen LogP contribution >= 0.6 is 24.0 Å². The third-order valence-corrected chi connectivity index (χ3v) is 4.77. The van der Waals surface area contributed by atoms with E-state index in [4.69, 9.17) is 0 Å². The highest BCUT2D eigenvalue weighted by atomic mass is 127. The second-order valence-corrected chi connectivity index (χ2v) is 7.14. The number of hydrogen-bond donors (Lipinski definition) is 1. The first-order chi connectivity index (χ1) is 13.9. The van der Waals surface area contributed by atoms with E-state index in [1.807, 2.05) is 36.3 Å². The topological polar surface area (TPSA) is 86.1 Å². The molecular formula is C20H28IN7O2. The Labute approximate surface area is 193 Å². The van der Waals surface area contributed by atoms with Crippen LogP contribution in [0.25, 0.3) is 0 Å². The van der Waals surface area contributed by atoms with Crippen molar-refractivity contribution in [2.45, 2.75) is 6.54 Å². The number of nitrogens with one attached hydrogen (secondary N) is 1. The molecule has 0 spiro atoms. The maximum Gasteiger partial charge on any atom is 0.253 e. The van der Waals surface area contributed by atoms with Crippen molar-refractivity contribution in [1.82, 2.24) is 24.9 Å². The van der Waals surface area contributed by atoms with Gasteiger partial charge in [-0.1, -0.05) is 12.1 Å². The van der Waals surface area contributed by atoms with E-state index >= 15 is 0 Å². The van der Waals surface area contributed by atoms with E-state index in [-0.39, 0.29) is 42.3 Å². The van der Waals surface area contributed by atoms with Gasteiger partial charge in [0.2, 0.25) is 5.91 Å². The molecule has 3 rings (SSSR count). The number of aromatic nitrogens is 2. The zero-order valence-corrected chi connectivity index (χ0v) is 20.0. The van der Waals surface area contributed by atoms with E-state index in [9.17, 15) is 9.59 Å². The molecule has 0 aliphatic carbocycles. The zero-order valence-electron chi connectivity index (χ0n) is 17.7. The van der Waals surface area contributed by atoms with Crippen molar-refractivity contribution < 1.29 is 9.59 Å².